The van der Waals surface area contributed by atoms with Gasteiger partial charge in [-0.25, -0.2) is 19.7 Å². The molecule has 3 aromatic rings. The number of carbonyl (C=O) groups is 2. The zero-order valence-corrected chi connectivity index (χ0v) is 20.0. The fourth-order valence-electron chi connectivity index (χ4n) is 3.84. The third-order valence-corrected chi connectivity index (χ3v) is 6.61. The van der Waals surface area contributed by atoms with Gasteiger partial charge in [0.15, 0.2) is 5.82 Å². The summed E-state index contributed by atoms with van der Waals surface area (Å²) in [5.74, 6) is 1.09. The molecule has 2 fully saturated rings. The standard InChI is InChI=1S/C26H29N7O2/c1-16-20(14-19(15-30-16)31-25(35)29-12-9-26(2)7-8-26)21-6-11-28-23(32-21)18-5-10-27-22(13-18)33-24(34)17-3-4-17/h5-6,10-11,13-15,17H,3-4,7-9,12H2,1-2H3,(H,27,33,34)(H2,29,31,35). The van der Waals surface area contributed by atoms with E-state index in [1.165, 1.54) is 12.8 Å². The van der Waals surface area contributed by atoms with E-state index in [1.807, 2.05) is 19.1 Å². The van der Waals surface area contributed by atoms with Crippen molar-refractivity contribution in [3.8, 4) is 22.6 Å². The van der Waals surface area contributed by atoms with Crippen LogP contribution in [0.1, 0.15) is 44.7 Å². The van der Waals surface area contributed by atoms with Crippen LogP contribution in [0.3, 0.4) is 0 Å². The van der Waals surface area contributed by atoms with Crippen molar-refractivity contribution in [3.05, 3.63) is 48.5 Å². The van der Waals surface area contributed by atoms with Crippen molar-refractivity contribution in [3.63, 3.8) is 0 Å². The maximum absolute atomic E-state index is 12.3. The van der Waals surface area contributed by atoms with Gasteiger partial charge in [-0.3, -0.25) is 9.78 Å². The molecule has 0 saturated heterocycles. The van der Waals surface area contributed by atoms with Gasteiger partial charge in [0.25, 0.3) is 0 Å². The number of pyridine rings is 2. The van der Waals surface area contributed by atoms with Crippen molar-refractivity contribution in [1.82, 2.24) is 25.3 Å². The predicted molar refractivity (Wildman–Crippen MR) is 134 cm³/mol. The molecule has 3 amide bonds. The third kappa shape index (κ3) is 5.79. The molecule has 0 bridgehead atoms. The Morgan fingerprint density at radius 2 is 1.86 bits per heavy atom. The van der Waals surface area contributed by atoms with Crippen LogP contribution in [-0.2, 0) is 4.79 Å². The van der Waals surface area contributed by atoms with Gasteiger partial charge in [-0.1, -0.05) is 6.92 Å². The molecule has 2 aliphatic rings. The zero-order valence-electron chi connectivity index (χ0n) is 20.0. The van der Waals surface area contributed by atoms with Crippen molar-refractivity contribution < 1.29 is 9.59 Å². The number of carbonyl (C=O) groups excluding carboxylic acids is 2. The lowest BCUT2D eigenvalue weighted by atomic mass is 10.1. The minimum absolute atomic E-state index is 0.00103. The van der Waals surface area contributed by atoms with E-state index >= 15 is 0 Å². The number of nitrogens with zero attached hydrogens (tertiary/aromatic N) is 4. The number of nitrogens with one attached hydrogen (secondary N) is 3. The monoisotopic (exact) mass is 471 g/mol. The summed E-state index contributed by atoms with van der Waals surface area (Å²) in [5.41, 5.74) is 4.01. The molecule has 2 saturated carbocycles. The Kier molecular flexibility index (Phi) is 6.15. The first kappa shape index (κ1) is 22.9. The van der Waals surface area contributed by atoms with Gasteiger partial charge in [-0.2, -0.15) is 0 Å². The lowest BCUT2D eigenvalue weighted by Gasteiger charge is -2.12. The first-order valence-corrected chi connectivity index (χ1v) is 12.0. The second kappa shape index (κ2) is 9.40. The van der Waals surface area contributed by atoms with Gasteiger partial charge < -0.3 is 16.0 Å². The summed E-state index contributed by atoms with van der Waals surface area (Å²) < 4.78 is 0. The number of hydrogen-bond donors (Lipinski definition) is 3. The molecule has 0 unspecified atom stereocenters. The van der Waals surface area contributed by atoms with Crippen LogP contribution in [0.25, 0.3) is 22.6 Å². The number of aromatic nitrogens is 4. The molecule has 9 heteroatoms. The van der Waals surface area contributed by atoms with Gasteiger partial charge in [-0.15, -0.1) is 0 Å². The summed E-state index contributed by atoms with van der Waals surface area (Å²) >= 11 is 0. The van der Waals surface area contributed by atoms with Gasteiger partial charge in [0.1, 0.15) is 5.82 Å². The van der Waals surface area contributed by atoms with Crippen LogP contribution in [0.5, 0.6) is 0 Å². The summed E-state index contributed by atoms with van der Waals surface area (Å²) in [4.78, 5) is 42.3. The lowest BCUT2D eigenvalue weighted by molar-refractivity contribution is -0.117. The predicted octanol–water partition coefficient (Wildman–Crippen LogP) is 4.57. The SMILES string of the molecule is Cc1ncc(NC(=O)NCCC2(C)CC2)cc1-c1ccnc(-c2ccnc(NC(=O)C3CC3)c2)n1. The number of anilines is 2. The minimum atomic E-state index is -0.244. The molecule has 0 aromatic carbocycles. The molecule has 2 aliphatic carbocycles. The molecule has 9 nitrogen and oxygen atoms in total. The smallest absolute Gasteiger partial charge is 0.319 e. The zero-order chi connectivity index (χ0) is 24.4. The van der Waals surface area contributed by atoms with Crippen molar-refractivity contribution in [2.24, 2.45) is 11.3 Å². The Balaban J connectivity index is 1.30. The van der Waals surface area contributed by atoms with Crippen molar-refractivity contribution in [1.29, 1.82) is 0 Å². The first-order valence-electron chi connectivity index (χ1n) is 12.0. The molecule has 0 spiro atoms. The fraction of sp³-hybridized carbons (Fsp3) is 0.385. The molecule has 3 heterocycles. The Labute approximate surface area is 204 Å². The van der Waals surface area contributed by atoms with Gasteiger partial charge in [0.05, 0.1) is 17.6 Å². The van der Waals surface area contributed by atoms with E-state index < -0.39 is 0 Å². The van der Waals surface area contributed by atoms with E-state index in [0.29, 0.717) is 35.0 Å². The molecule has 0 atom stereocenters. The second-order valence-corrected chi connectivity index (χ2v) is 9.76. The van der Waals surface area contributed by atoms with Crippen LogP contribution in [0.2, 0.25) is 0 Å². The molecule has 35 heavy (non-hydrogen) atoms. The number of rotatable bonds is 8. The third-order valence-electron chi connectivity index (χ3n) is 6.61. The molecular weight excluding hydrogens is 442 g/mol. The normalized spacial score (nSPS) is 15.8. The highest BCUT2D eigenvalue weighted by Crippen LogP contribution is 2.47. The maximum Gasteiger partial charge on any atom is 0.319 e. The Bertz CT molecular complexity index is 1270. The Morgan fingerprint density at radius 3 is 2.63 bits per heavy atom. The average molecular weight is 472 g/mol. The highest BCUT2D eigenvalue weighted by Gasteiger charge is 2.36. The average Bonchev–Trinajstić information content (AvgIpc) is 3.78. The van der Waals surface area contributed by atoms with Crippen molar-refractivity contribution in [2.75, 3.05) is 17.2 Å². The molecule has 180 valence electrons. The summed E-state index contributed by atoms with van der Waals surface area (Å²) in [7, 11) is 0. The van der Waals surface area contributed by atoms with E-state index in [2.05, 4.69) is 37.8 Å². The number of amides is 3. The van der Waals surface area contributed by atoms with E-state index in [9.17, 15) is 9.59 Å². The van der Waals surface area contributed by atoms with Crippen LogP contribution in [-0.4, -0.2) is 38.4 Å². The van der Waals surface area contributed by atoms with Crippen LogP contribution in [0.15, 0.2) is 42.9 Å². The molecule has 0 aliphatic heterocycles. The van der Waals surface area contributed by atoms with E-state index in [4.69, 9.17) is 4.98 Å². The van der Waals surface area contributed by atoms with Crippen LogP contribution >= 0.6 is 0 Å². The quantitative estimate of drug-likeness (QED) is 0.442. The maximum atomic E-state index is 12.3. The van der Waals surface area contributed by atoms with E-state index in [1.54, 1.807) is 30.7 Å². The van der Waals surface area contributed by atoms with E-state index in [0.717, 1.165) is 36.1 Å². The van der Waals surface area contributed by atoms with Crippen molar-refractivity contribution in [2.45, 2.75) is 46.0 Å². The summed E-state index contributed by atoms with van der Waals surface area (Å²) in [6.07, 6.45) is 10.3. The number of aryl methyl sites for hydroxylation is 1. The molecular formula is C26H29N7O2. The van der Waals surface area contributed by atoms with Crippen LogP contribution in [0, 0.1) is 18.3 Å². The van der Waals surface area contributed by atoms with Gasteiger partial charge in [0.2, 0.25) is 5.91 Å². The van der Waals surface area contributed by atoms with Gasteiger partial charge in [-0.05, 0) is 68.7 Å². The fourth-order valence-corrected chi connectivity index (χ4v) is 3.84. The van der Waals surface area contributed by atoms with E-state index in [-0.39, 0.29) is 17.9 Å². The van der Waals surface area contributed by atoms with Gasteiger partial charge >= 0.3 is 6.03 Å². The highest BCUT2D eigenvalue weighted by atomic mass is 16.2. The molecule has 3 N–H and O–H groups in total. The summed E-state index contributed by atoms with van der Waals surface area (Å²) in [6, 6.07) is 7.01. The minimum Gasteiger partial charge on any atom is -0.338 e. The molecule has 0 radical (unpaired) electrons. The summed E-state index contributed by atoms with van der Waals surface area (Å²) in [6.45, 7) is 4.80. The van der Waals surface area contributed by atoms with Crippen molar-refractivity contribution >= 4 is 23.4 Å². The van der Waals surface area contributed by atoms with Gasteiger partial charge in [0, 0.05) is 41.7 Å². The summed E-state index contributed by atoms with van der Waals surface area (Å²) in [5, 5.41) is 8.65. The molecule has 3 aromatic heterocycles. The number of urea groups is 1. The van der Waals surface area contributed by atoms with Crippen LogP contribution < -0.4 is 16.0 Å². The topological polar surface area (TPSA) is 122 Å². The second-order valence-electron chi connectivity index (χ2n) is 9.76. The van der Waals surface area contributed by atoms with Crippen LogP contribution in [0.4, 0.5) is 16.3 Å². The highest BCUT2D eigenvalue weighted by molar-refractivity contribution is 5.93. The molecule has 5 rings (SSSR count). The lowest BCUT2D eigenvalue weighted by Crippen LogP contribution is -2.30. The first-order chi connectivity index (χ1) is 16.9. The largest absolute Gasteiger partial charge is 0.338 e. The number of hydrogen-bond acceptors (Lipinski definition) is 6. The Hall–Kier alpha value is -3.88. The Morgan fingerprint density at radius 1 is 1.06 bits per heavy atom.